The van der Waals surface area contributed by atoms with E-state index in [1.807, 2.05) is 18.7 Å². The predicted octanol–water partition coefficient (Wildman–Crippen LogP) is 0.816. The van der Waals surface area contributed by atoms with Gasteiger partial charge in [0.25, 0.3) is 5.91 Å². The summed E-state index contributed by atoms with van der Waals surface area (Å²) in [6.07, 6.45) is 4.04. The molecule has 30 heavy (non-hydrogen) atoms. The first-order chi connectivity index (χ1) is 14.4. The lowest BCUT2D eigenvalue weighted by atomic mass is 10.3. The zero-order valence-electron chi connectivity index (χ0n) is 18.0. The summed E-state index contributed by atoms with van der Waals surface area (Å²) in [4.78, 5) is 33.4. The summed E-state index contributed by atoms with van der Waals surface area (Å²) in [6, 6.07) is 1.45. The van der Waals surface area contributed by atoms with Crippen LogP contribution in [0.2, 0.25) is 0 Å². The highest BCUT2D eigenvalue weighted by Crippen LogP contribution is 2.20. The number of aromatic nitrogens is 1. The van der Waals surface area contributed by atoms with Crippen molar-refractivity contribution < 1.29 is 18.0 Å². The van der Waals surface area contributed by atoms with Gasteiger partial charge in [-0.2, -0.15) is 4.31 Å². The number of carbonyl (C=O) groups excluding carboxylic acids is 2. The van der Waals surface area contributed by atoms with Crippen LogP contribution in [0.25, 0.3) is 0 Å². The number of amides is 2. The third-order valence-electron chi connectivity index (χ3n) is 5.94. The van der Waals surface area contributed by atoms with Gasteiger partial charge in [0.05, 0.1) is 6.54 Å². The third-order valence-corrected chi connectivity index (χ3v) is 7.82. The molecule has 1 aromatic heterocycles. The number of nitrogens with zero attached hydrogens (tertiary/aromatic N) is 4. The molecule has 0 atom stereocenters. The molecule has 0 spiro atoms. The zero-order valence-corrected chi connectivity index (χ0v) is 18.8. The van der Waals surface area contributed by atoms with E-state index >= 15 is 0 Å². The highest BCUT2D eigenvalue weighted by molar-refractivity contribution is 7.89. The van der Waals surface area contributed by atoms with E-state index in [-0.39, 0.29) is 16.7 Å². The number of likely N-dealkylation sites (N-methyl/N-ethyl adjacent to an activating group) is 1. The van der Waals surface area contributed by atoms with Crippen LogP contribution in [0.5, 0.6) is 0 Å². The SMILES string of the molecule is CCN(CC)C(=O)CN1CCCN(S(=O)(=O)c2c[nH]c(C(=O)N3CCCC3)c2)CC1. The van der Waals surface area contributed by atoms with Gasteiger partial charge in [-0.3, -0.25) is 14.5 Å². The van der Waals surface area contributed by atoms with Crippen LogP contribution < -0.4 is 0 Å². The van der Waals surface area contributed by atoms with Crippen LogP contribution in [0.3, 0.4) is 0 Å². The second-order valence-electron chi connectivity index (χ2n) is 7.85. The normalized spacial score (nSPS) is 19.1. The molecule has 168 valence electrons. The van der Waals surface area contributed by atoms with Gasteiger partial charge in [0.1, 0.15) is 10.6 Å². The van der Waals surface area contributed by atoms with E-state index in [0.29, 0.717) is 71.0 Å². The molecule has 2 amide bonds. The van der Waals surface area contributed by atoms with Crippen molar-refractivity contribution in [1.29, 1.82) is 0 Å². The lowest BCUT2D eigenvalue weighted by Gasteiger charge is -2.25. The molecule has 2 aliphatic rings. The molecule has 3 heterocycles. The molecule has 0 aromatic carbocycles. The molecule has 1 N–H and O–H groups in total. The summed E-state index contributed by atoms with van der Waals surface area (Å²) in [7, 11) is -3.69. The average molecular weight is 440 g/mol. The van der Waals surface area contributed by atoms with Crippen molar-refractivity contribution in [1.82, 2.24) is 24.0 Å². The average Bonchev–Trinajstić information content (AvgIpc) is 3.38. The molecule has 1 aromatic rings. The van der Waals surface area contributed by atoms with Gasteiger partial charge in [0, 0.05) is 52.0 Å². The first-order valence-electron chi connectivity index (χ1n) is 10.8. The molecule has 0 unspecified atom stereocenters. The van der Waals surface area contributed by atoms with Gasteiger partial charge in [-0.15, -0.1) is 0 Å². The topological polar surface area (TPSA) is 97.0 Å². The molecule has 2 aliphatic heterocycles. The molecule has 10 heteroatoms. The van der Waals surface area contributed by atoms with Crippen molar-refractivity contribution in [2.75, 3.05) is 58.9 Å². The van der Waals surface area contributed by atoms with Gasteiger partial charge in [0.2, 0.25) is 15.9 Å². The van der Waals surface area contributed by atoms with Crippen LogP contribution >= 0.6 is 0 Å². The number of hydrogen-bond donors (Lipinski definition) is 1. The monoisotopic (exact) mass is 439 g/mol. The number of aromatic amines is 1. The van der Waals surface area contributed by atoms with Crippen molar-refractivity contribution in [3.63, 3.8) is 0 Å². The van der Waals surface area contributed by atoms with E-state index < -0.39 is 10.0 Å². The summed E-state index contributed by atoms with van der Waals surface area (Å²) in [6.45, 7) is 8.94. The van der Waals surface area contributed by atoms with Gasteiger partial charge >= 0.3 is 0 Å². The van der Waals surface area contributed by atoms with E-state index in [1.165, 1.54) is 16.6 Å². The Morgan fingerprint density at radius 3 is 2.37 bits per heavy atom. The van der Waals surface area contributed by atoms with E-state index in [2.05, 4.69) is 4.98 Å². The fourth-order valence-electron chi connectivity index (χ4n) is 4.10. The number of sulfonamides is 1. The molecule has 0 aliphatic carbocycles. The summed E-state index contributed by atoms with van der Waals surface area (Å²) < 4.78 is 27.7. The van der Waals surface area contributed by atoms with Crippen LogP contribution in [-0.4, -0.2) is 103 Å². The number of likely N-dealkylation sites (tertiary alicyclic amines) is 1. The smallest absolute Gasteiger partial charge is 0.270 e. The minimum Gasteiger partial charge on any atom is -0.356 e. The molecule has 2 saturated heterocycles. The van der Waals surface area contributed by atoms with Crippen molar-refractivity contribution in [3.8, 4) is 0 Å². The quantitative estimate of drug-likeness (QED) is 0.678. The van der Waals surface area contributed by atoms with E-state index in [9.17, 15) is 18.0 Å². The number of carbonyl (C=O) groups is 2. The largest absolute Gasteiger partial charge is 0.356 e. The Morgan fingerprint density at radius 1 is 1.00 bits per heavy atom. The van der Waals surface area contributed by atoms with Crippen molar-refractivity contribution in [3.05, 3.63) is 18.0 Å². The third kappa shape index (κ3) is 5.04. The Labute approximate surface area is 179 Å². The first-order valence-corrected chi connectivity index (χ1v) is 12.3. The van der Waals surface area contributed by atoms with E-state index in [1.54, 1.807) is 9.80 Å². The highest BCUT2D eigenvalue weighted by atomic mass is 32.2. The minimum atomic E-state index is -3.69. The molecular weight excluding hydrogens is 406 g/mol. The molecular formula is C20H33N5O4S. The lowest BCUT2D eigenvalue weighted by molar-refractivity contribution is -0.132. The van der Waals surface area contributed by atoms with E-state index in [0.717, 1.165) is 12.8 Å². The Kier molecular flexibility index (Phi) is 7.54. The van der Waals surface area contributed by atoms with Crippen LogP contribution in [-0.2, 0) is 14.8 Å². The first kappa shape index (κ1) is 22.8. The lowest BCUT2D eigenvalue weighted by Crippen LogP contribution is -2.42. The fraction of sp³-hybridized carbons (Fsp3) is 0.700. The predicted molar refractivity (Wildman–Crippen MR) is 114 cm³/mol. The Balaban J connectivity index is 1.63. The Bertz CT molecular complexity index is 843. The summed E-state index contributed by atoms with van der Waals surface area (Å²) in [5.74, 6) is -0.0714. The Hall–Kier alpha value is -1.91. The van der Waals surface area contributed by atoms with Crippen LogP contribution in [0, 0.1) is 0 Å². The Morgan fingerprint density at radius 2 is 1.70 bits per heavy atom. The zero-order chi connectivity index (χ0) is 21.7. The second kappa shape index (κ2) is 9.93. The van der Waals surface area contributed by atoms with Crippen molar-refractivity contribution in [2.45, 2.75) is 38.0 Å². The van der Waals surface area contributed by atoms with Gasteiger partial charge in [-0.05, 0) is 45.7 Å². The number of hydrogen-bond acceptors (Lipinski definition) is 5. The summed E-state index contributed by atoms with van der Waals surface area (Å²) in [5.41, 5.74) is 0.316. The molecule has 0 saturated carbocycles. The van der Waals surface area contributed by atoms with Crippen molar-refractivity contribution >= 4 is 21.8 Å². The van der Waals surface area contributed by atoms with E-state index in [4.69, 9.17) is 0 Å². The molecule has 3 rings (SSSR count). The number of H-pyrrole nitrogens is 1. The maximum Gasteiger partial charge on any atom is 0.270 e. The van der Waals surface area contributed by atoms with Crippen LogP contribution in [0.15, 0.2) is 17.2 Å². The summed E-state index contributed by atoms with van der Waals surface area (Å²) >= 11 is 0. The number of rotatable bonds is 7. The number of nitrogens with one attached hydrogen (secondary N) is 1. The molecule has 0 radical (unpaired) electrons. The van der Waals surface area contributed by atoms with Gasteiger partial charge in [-0.1, -0.05) is 0 Å². The standard InChI is InChI=1S/C20H33N5O4S/c1-3-23(4-2)19(26)16-22-8-7-11-25(13-12-22)30(28,29)17-14-18(21-15-17)20(27)24-9-5-6-10-24/h14-15,21H,3-13,16H2,1-2H3. The highest BCUT2D eigenvalue weighted by Gasteiger charge is 2.30. The molecule has 0 bridgehead atoms. The fourth-order valence-corrected chi connectivity index (χ4v) is 5.56. The maximum atomic E-state index is 13.1. The van der Waals surface area contributed by atoms with Crippen molar-refractivity contribution in [2.24, 2.45) is 0 Å². The molecule has 9 nitrogen and oxygen atoms in total. The summed E-state index contributed by atoms with van der Waals surface area (Å²) in [5, 5.41) is 0. The van der Waals surface area contributed by atoms with Crippen LogP contribution in [0.4, 0.5) is 0 Å². The molecule has 2 fully saturated rings. The maximum absolute atomic E-state index is 13.1. The van der Waals surface area contributed by atoms with Gasteiger partial charge < -0.3 is 14.8 Å². The van der Waals surface area contributed by atoms with Gasteiger partial charge in [-0.25, -0.2) is 8.42 Å². The second-order valence-corrected chi connectivity index (χ2v) is 9.79. The van der Waals surface area contributed by atoms with Crippen LogP contribution in [0.1, 0.15) is 43.6 Å². The van der Waals surface area contributed by atoms with Gasteiger partial charge in [0.15, 0.2) is 0 Å². The minimum absolute atomic E-state index is 0.0759.